The zero-order valence-corrected chi connectivity index (χ0v) is 11.6. The molecule has 0 heterocycles. The summed E-state index contributed by atoms with van der Waals surface area (Å²) in [7, 11) is 1.29. The third-order valence-corrected chi connectivity index (χ3v) is 3.78. The number of nitro benzene ring substituents is 1. The second kappa shape index (κ2) is 7.10. The molecule has 104 valence electrons. The average molecular weight is 284 g/mol. The summed E-state index contributed by atoms with van der Waals surface area (Å²) < 4.78 is 4.52. The normalized spacial score (nSPS) is 11.9. The molecule has 0 amide bonds. The van der Waals surface area contributed by atoms with Crippen molar-refractivity contribution >= 4 is 23.4 Å². The Morgan fingerprint density at radius 2 is 2.26 bits per heavy atom. The molecule has 0 spiro atoms. The fourth-order valence-corrected chi connectivity index (χ4v) is 2.58. The molecular weight excluding hydrogens is 268 g/mol. The van der Waals surface area contributed by atoms with Crippen molar-refractivity contribution in [1.82, 2.24) is 0 Å². The molecule has 1 atom stereocenters. The molecule has 0 aromatic heterocycles. The molecule has 2 N–H and O–H groups in total. The number of nitrogens with zero attached hydrogens (tertiary/aromatic N) is 1. The van der Waals surface area contributed by atoms with Crippen molar-refractivity contribution in [2.24, 2.45) is 5.73 Å². The first-order chi connectivity index (χ1) is 8.97. The Morgan fingerprint density at radius 1 is 1.58 bits per heavy atom. The second-order valence-corrected chi connectivity index (χ2v) is 4.99. The highest BCUT2D eigenvalue weighted by Gasteiger charge is 2.15. The number of esters is 1. The van der Waals surface area contributed by atoms with E-state index in [1.807, 2.05) is 6.07 Å². The molecule has 19 heavy (non-hydrogen) atoms. The molecule has 0 aliphatic heterocycles. The van der Waals surface area contributed by atoms with Crippen LogP contribution in [0, 0.1) is 17.0 Å². The number of ether oxygens (including phenoxy) is 1. The molecule has 0 aliphatic carbocycles. The standard InChI is InChI=1S/C12H16N2O4S/c1-8-9(4-3-5-11(8)14(16)17)6-19-7-10(13)12(15)18-2/h3-5,10H,6-7,13H2,1-2H3. The van der Waals surface area contributed by atoms with Crippen LogP contribution in [0.2, 0.25) is 0 Å². The van der Waals surface area contributed by atoms with Gasteiger partial charge in [0.15, 0.2) is 0 Å². The summed E-state index contributed by atoms with van der Waals surface area (Å²) in [6.45, 7) is 1.72. The first kappa shape index (κ1) is 15.5. The van der Waals surface area contributed by atoms with Crippen LogP contribution in [0.15, 0.2) is 18.2 Å². The summed E-state index contributed by atoms with van der Waals surface area (Å²) >= 11 is 1.44. The zero-order valence-electron chi connectivity index (χ0n) is 10.8. The minimum absolute atomic E-state index is 0.107. The van der Waals surface area contributed by atoms with Crippen molar-refractivity contribution in [3.05, 3.63) is 39.4 Å². The number of thioether (sulfide) groups is 1. The molecule has 7 heteroatoms. The van der Waals surface area contributed by atoms with Crippen LogP contribution in [0.25, 0.3) is 0 Å². The van der Waals surface area contributed by atoms with Gasteiger partial charge in [0.2, 0.25) is 0 Å². The zero-order chi connectivity index (χ0) is 14.4. The first-order valence-electron chi connectivity index (χ1n) is 5.61. The van der Waals surface area contributed by atoms with Gasteiger partial charge in [-0.25, -0.2) is 0 Å². The summed E-state index contributed by atoms with van der Waals surface area (Å²) in [5.41, 5.74) is 7.23. The highest BCUT2D eigenvalue weighted by molar-refractivity contribution is 7.98. The highest BCUT2D eigenvalue weighted by atomic mass is 32.2. The number of hydrogen-bond acceptors (Lipinski definition) is 6. The lowest BCUT2D eigenvalue weighted by atomic mass is 10.1. The van der Waals surface area contributed by atoms with Gasteiger partial charge in [-0.2, -0.15) is 11.8 Å². The van der Waals surface area contributed by atoms with Gasteiger partial charge in [-0.3, -0.25) is 14.9 Å². The number of carbonyl (C=O) groups excluding carboxylic acids is 1. The van der Waals surface area contributed by atoms with E-state index in [0.717, 1.165) is 5.56 Å². The van der Waals surface area contributed by atoms with Crippen LogP contribution in [-0.2, 0) is 15.3 Å². The summed E-state index contributed by atoms with van der Waals surface area (Å²) in [5, 5.41) is 10.8. The summed E-state index contributed by atoms with van der Waals surface area (Å²) in [6.07, 6.45) is 0. The van der Waals surface area contributed by atoms with Crippen molar-refractivity contribution in [2.45, 2.75) is 18.7 Å². The maximum Gasteiger partial charge on any atom is 0.323 e. The van der Waals surface area contributed by atoms with Gasteiger partial charge in [0, 0.05) is 23.1 Å². The van der Waals surface area contributed by atoms with Crippen molar-refractivity contribution in [3.8, 4) is 0 Å². The number of carbonyl (C=O) groups is 1. The Labute approximate surface area is 115 Å². The summed E-state index contributed by atoms with van der Waals surface area (Å²) in [5.74, 6) is 0.524. The average Bonchev–Trinajstić information content (AvgIpc) is 2.39. The van der Waals surface area contributed by atoms with Gasteiger partial charge in [0.25, 0.3) is 5.69 Å². The van der Waals surface area contributed by atoms with E-state index < -0.39 is 16.9 Å². The summed E-state index contributed by atoms with van der Waals surface area (Å²) in [4.78, 5) is 21.5. The van der Waals surface area contributed by atoms with E-state index in [-0.39, 0.29) is 5.69 Å². The fraction of sp³-hybridized carbons (Fsp3) is 0.417. The second-order valence-electron chi connectivity index (χ2n) is 3.96. The molecule has 6 nitrogen and oxygen atoms in total. The number of benzene rings is 1. The van der Waals surface area contributed by atoms with Gasteiger partial charge < -0.3 is 10.5 Å². The van der Waals surface area contributed by atoms with Crippen LogP contribution in [0.4, 0.5) is 5.69 Å². The minimum atomic E-state index is -0.672. The van der Waals surface area contributed by atoms with Crippen LogP contribution < -0.4 is 5.73 Å². The van der Waals surface area contributed by atoms with E-state index in [0.29, 0.717) is 17.1 Å². The molecule has 1 aromatic rings. The topological polar surface area (TPSA) is 95.5 Å². The summed E-state index contributed by atoms with van der Waals surface area (Å²) in [6, 6.07) is 4.29. The van der Waals surface area contributed by atoms with E-state index in [1.165, 1.54) is 24.9 Å². The molecule has 1 rings (SSSR count). The number of nitro groups is 1. The van der Waals surface area contributed by atoms with E-state index in [9.17, 15) is 14.9 Å². The molecule has 0 bridgehead atoms. The van der Waals surface area contributed by atoms with Gasteiger partial charge in [-0.05, 0) is 12.5 Å². The lowest BCUT2D eigenvalue weighted by molar-refractivity contribution is -0.385. The maximum atomic E-state index is 11.1. The predicted molar refractivity (Wildman–Crippen MR) is 74.0 cm³/mol. The Bertz CT molecular complexity index is 479. The van der Waals surface area contributed by atoms with E-state index >= 15 is 0 Å². The van der Waals surface area contributed by atoms with Gasteiger partial charge in [-0.15, -0.1) is 0 Å². The van der Waals surface area contributed by atoms with Crippen LogP contribution in [0.5, 0.6) is 0 Å². The number of hydrogen-bond donors (Lipinski definition) is 1. The van der Waals surface area contributed by atoms with Crippen LogP contribution in [0.1, 0.15) is 11.1 Å². The van der Waals surface area contributed by atoms with E-state index in [1.54, 1.807) is 13.0 Å². The van der Waals surface area contributed by atoms with Crippen LogP contribution in [-0.4, -0.2) is 29.8 Å². The predicted octanol–water partition coefficient (Wildman–Crippen LogP) is 1.64. The Balaban J connectivity index is 2.62. The van der Waals surface area contributed by atoms with Gasteiger partial charge in [0.05, 0.1) is 12.0 Å². The fourth-order valence-electron chi connectivity index (χ4n) is 1.54. The number of nitrogens with two attached hydrogens (primary N) is 1. The largest absolute Gasteiger partial charge is 0.468 e. The lowest BCUT2D eigenvalue weighted by Crippen LogP contribution is -2.33. The molecule has 1 aromatic carbocycles. The number of methoxy groups -OCH3 is 1. The third kappa shape index (κ3) is 4.22. The molecule has 0 saturated heterocycles. The first-order valence-corrected chi connectivity index (χ1v) is 6.77. The Kier molecular flexibility index (Phi) is 5.78. The van der Waals surface area contributed by atoms with Gasteiger partial charge in [-0.1, -0.05) is 12.1 Å². The van der Waals surface area contributed by atoms with Crippen LogP contribution >= 0.6 is 11.8 Å². The SMILES string of the molecule is COC(=O)C(N)CSCc1cccc([N+](=O)[O-])c1C. The van der Waals surface area contributed by atoms with Gasteiger partial charge in [0.1, 0.15) is 6.04 Å². The molecule has 0 radical (unpaired) electrons. The Morgan fingerprint density at radius 3 is 2.84 bits per heavy atom. The van der Waals surface area contributed by atoms with Crippen LogP contribution in [0.3, 0.4) is 0 Å². The maximum absolute atomic E-state index is 11.1. The van der Waals surface area contributed by atoms with Crippen molar-refractivity contribution in [1.29, 1.82) is 0 Å². The molecule has 0 aliphatic rings. The van der Waals surface area contributed by atoms with Crippen molar-refractivity contribution < 1.29 is 14.5 Å². The highest BCUT2D eigenvalue weighted by Crippen LogP contribution is 2.24. The molecule has 0 saturated carbocycles. The lowest BCUT2D eigenvalue weighted by Gasteiger charge is -2.10. The molecule has 0 fully saturated rings. The van der Waals surface area contributed by atoms with Crippen molar-refractivity contribution in [3.63, 3.8) is 0 Å². The Hall–Kier alpha value is -1.60. The molecular formula is C12H16N2O4S. The number of rotatable bonds is 6. The van der Waals surface area contributed by atoms with E-state index in [2.05, 4.69) is 4.74 Å². The smallest absolute Gasteiger partial charge is 0.323 e. The van der Waals surface area contributed by atoms with Gasteiger partial charge >= 0.3 is 5.97 Å². The minimum Gasteiger partial charge on any atom is -0.468 e. The molecule has 1 unspecified atom stereocenters. The van der Waals surface area contributed by atoms with E-state index in [4.69, 9.17) is 5.73 Å². The quantitative estimate of drug-likeness (QED) is 0.484. The monoisotopic (exact) mass is 284 g/mol. The van der Waals surface area contributed by atoms with Crippen molar-refractivity contribution in [2.75, 3.05) is 12.9 Å². The third-order valence-electron chi connectivity index (χ3n) is 2.67.